The molecule has 0 radical (unpaired) electrons. The molecule has 0 saturated heterocycles. The highest BCUT2D eigenvalue weighted by molar-refractivity contribution is 5.77. The highest BCUT2D eigenvalue weighted by atomic mass is 19.4. The lowest BCUT2D eigenvalue weighted by Gasteiger charge is -2.15. The van der Waals surface area contributed by atoms with Crippen LogP contribution in [-0.4, -0.2) is 36.4 Å². The van der Waals surface area contributed by atoms with Crippen LogP contribution in [0.5, 0.6) is 5.75 Å². The van der Waals surface area contributed by atoms with E-state index in [9.17, 15) is 18.0 Å². The van der Waals surface area contributed by atoms with Gasteiger partial charge in [0.2, 0.25) is 0 Å². The molecule has 19 heavy (non-hydrogen) atoms. The molecule has 7 heteroatoms. The number of aliphatic hydroxyl groups is 1. The van der Waals surface area contributed by atoms with Crippen molar-refractivity contribution >= 4 is 5.91 Å². The van der Waals surface area contributed by atoms with Crippen molar-refractivity contribution in [2.45, 2.75) is 19.2 Å². The third-order valence-corrected chi connectivity index (χ3v) is 2.32. The largest absolute Gasteiger partial charge is 0.484 e. The minimum Gasteiger partial charge on any atom is -0.484 e. The van der Waals surface area contributed by atoms with Gasteiger partial charge in [-0.1, -0.05) is 18.2 Å². The summed E-state index contributed by atoms with van der Waals surface area (Å²) in [6.07, 6.45) is -7.32. The molecule has 0 aliphatic rings. The molecule has 1 aromatic rings. The second kappa shape index (κ2) is 6.42. The first-order valence-electron chi connectivity index (χ1n) is 5.50. The van der Waals surface area contributed by atoms with E-state index in [0.717, 1.165) is 5.56 Å². The van der Waals surface area contributed by atoms with E-state index in [1.807, 2.05) is 5.32 Å². The van der Waals surface area contributed by atoms with E-state index in [2.05, 4.69) is 0 Å². The van der Waals surface area contributed by atoms with Gasteiger partial charge in [-0.3, -0.25) is 4.79 Å². The number of aryl methyl sites for hydroxylation is 1. The van der Waals surface area contributed by atoms with E-state index < -0.39 is 31.3 Å². The van der Waals surface area contributed by atoms with Crippen molar-refractivity contribution in [3.63, 3.8) is 0 Å². The fourth-order valence-corrected chi connectivity index (χ4v) is 1.24. The van der Waals surface area contributed by atoms with Gasteiger partial charge in [0.1, 0.15) is 5.75 Å². The number of aliphatic hydroxyl groups excluding tert-OH is 1. The van der Waals surface area contributed by atoms with Crippen molar-refractivity contribution in [2.24, 2.45) is 0 Å². The number of ether oxygens (including phenoxy) is 1. The van der Waals surface area contributed by atoms with E-state index in [4.69, 9.17) is 9.84 Å². The van der Waals surface area contributed by atoms with Gasteiger partial charge >= 0.3 is 6.18 Å². The second-order valence-corrected chi connectivity index (χ2v) is 3.92. The van der Waals surface area contributed by atoms with E-state index in [1.165, 1.54) is 0 Å². The number of benzene rings is 1. The summed E-state index contributed by atoms with van der Waals surface area (Å²) in [6, 6.07) is 6.93. The molecule has 1 unspecified atom stereocenters. The fraction of sp³-hybridized carbons (Fsp3) is 0.417. The van der Waals surface area contributed by atoms with Crippen LogP contribution in [0.3, 0.4) is 0 Å². The zero-order chi connectivity index (χ0) is 14.5. The Kier molecular flexibility index (Phi) is 5.17. The number of rotatable bonds is 5. The SMILES string of the molecule is Cc1ccccc1OCC(=O)NCC(O)C(F)(F)F. The summed E-state index contributed by atoms with van der Waals surface area (Å²) < 4.78 is 41.1. The summed E-state index contributed by atoms with van der Waals surface area (Å²) in [5.41, 5.74) is 0.811. The molecule has 0 bridgehead atoms. The van der Waals surface area contributed by atoms with Crippen LogP contribution < -0.4 is 10.1 Å². The smallest absolute Gasteiger partial charge is 0.416 e. The maximum atomic E-state index is 12.0. The standard InChI is InChI=1S/C12H14F3NO3/c1-8-4-2-3-5-9(8)19-7-11(18)16-6-10(17)12(13,14)15/h2-5,10,17H,6-7H2,1H3,(H,16,18). The summed E-state index contributed by atoms with van der Waals surface area (Å²) in [5.74, 6) is -0.249. The van der Waals surface area contributed by atoms with Crippen molar-refractivity contribution in [2.75, 3.05) is 13.2 Å². The lowest BCUT2D eigenvalue weighted by molar-refractivity contribution is -0.201. The Bertz CT molecular complexity index is 434. The molecule has 1 atom stereocenters. The number of alkyl halides is 3. The van der Waals surface area contributed by atoms with Crippen LogP contribution in [0.25, 0.3) is 0 Å². The Labute approximate surface area is 108 Å². The number of hydrogen-bond acceptors (Lipinski definition) is 3. The normalized spacial score (nSPS) is 12.9. The van der Waals surface area contributed by atoms with Gasteiger partial charge < -0.3 is 15.2 Å². The molecular weight excluding hydrogens is 263 g/mol. The number of halogens is 3. The van der Waals surface area contributed by atoms with Crippen LogP contribution in [0.15, 0.2) is 24.3 Å². The second-order valence-electron chi connectivity index (χ2n) is 3.92. The molecule has 0 aliphatic heterocycles. The van der Waals surface area contributed by atoms with Crippen LogP contribution in [0.2, 0.25) is 0 Å². The Hall–Kier alpha value is -1.76. The Morgan fingerprint density at radius 1 is 1.42 bits per heavy atom. The van der Waals surface area contributed by atoms with Crippen LogP contribution in [0.1, 0.15) is 5.56 Å². The van der Waals surface area contributed by atoms with Crippen molar-refractivity contribution in [3.05, 3.63) is 29.8 Å². The van der Waals surface area contributed by atoms with Crippen molar-refractivity contribution in [1.29, 1.82) is 0 Å². The predicted octanol–water partition coefficient (Wildman–Crippen LogP) is 1.41. The highest BCUT2D eigenvalue weighted by Gasteiger charge is 2.38. The van der Waals surface area contributed by atoms with Gasteiger partial charge in [-0.15, -0.1) is 0 Å². The van der Waals surface area contributed by atoms with Gasteiger partial charge in [0, 0.05) is 0 Å². The van der Waals surface area contributed by atoms with Crippen molar-refractivity contribution in [1.82, 2.24) is 5.32 Å². The average molecular weight is 277 g/mol. The minimum absolute atomic E-state index is 0.407. The molecule has 1 rings (SSSR count). The van der Waals surface area contributed by atoms with Gasteiger partial charge in [-0.25, -0.2) is 0 Å². The summed E-state index contributed by atoms with van der Waals surface area (Å²) in [7, 11) is 0. The fourth-order valence-electron chi connectivity index (χ4n) is 1.24. The molecule has 0 fully saturated rings. The van der Waals surface area contributed by atoms with Crippen molar-refractivity contribution in [3.8, 4) is 5.75 Å². The van der Waals surface area contributed by atoms with Crippen LogP contribution in [0.4, 0.5) is 13.2 Å². The Morgan fingerprint density at radius 3 is 2.63 bits per heavy atom. The Balaban J connectivity index is 2.35. The molecule has 4 nitrogen and oxygen atoms in total. The molecular formula is C12H14F3NO3. The van der Waals surface area contributed by atoms with E-state index in [0.29, 0.717) is 5.75 Å². The quantitative estimate of drug-likeness (QED) is 0.855. The molecule has 2 N–H and O–H groups in total. The predicted molar refractivity (Wildman–Crippen MR) is 61.7 cm³/mol. The van der Waals surface area contributed by atoms with Gasteiger partial charge in [0.05, 0.1) is 6.54 Å². The molecule has 0 heterocycles. The molecule has 0 saturated carbocycles. The summed E-state index contributed by atoms with van der Waals surface area (Å²) >= 11 is 0. The van der Waals surface area contributed by atoms with E-state index in [-0.39, 0.29) is 0 Å². The first-order chi connectivity index (χ1) is 8.80. The average Bonchev–Trinajstić information content (AvgIpc) is 2.33. The zero-order valence-electron chi connectivity index (χ0n) is 10.2. The maximum absolute atomic E-state index is 12.0. The van der Waals surface area contributed by atoms with Gasteiger partial charge in [0.25, 0.3) is 5.91 Å². The summed E-state index contributed by atoms with van der Waals surface area (Å²) in [4.78, 5) is 11.2. The molecule has 106 valence electrons. The van der Waals surface area contributed by atoms with E-state index in [1.54, 1.807) is 31.2 Å². The van der Waals surface area contributed by atoms with Crippen LogP contribution in [-0.2, 0) is 4.79 Å². The monoisotopic (exact) mass is 277 g/mol. The van der Waals surface area contributed by atoms with Crippen LogP contribution in [0, 0.1) is 6.92 Å². The number of nitrogens with one attached hydrogen (secondary N) is 1. The molecule has 0 aromatic heterocycles. The number of para-hydroxylation sites is 1. The molecule has 0 spiro atoms. The number of carbonyl (C=O) groups is 1. The van der Waals surface area contributed by atoms with Crippen LogP contribution >= 0.6 is 0 Å². The maximum Gasteiger partial charge on any atom is 0.416 e. The summed E-state index contributed by atoms with van der Waals surface area (Å²) in [5, 5.41) is 10.6. The lowest BCUT2D eigenvalue weighted by Crippen LogP contribution is -2.42. The van der Waals surface area contributed by atoms with Gasteiger partial charge in [-0.2, -0.15) is 13.2 Å². The molecule has 0 aliphatic carbocycles. The van der Waals surface area contributed by atoms with E-state index >= 15 is 0 Å². The Morgan fingerprint density at radius 2 is 2.05 bits per heavy atom. The first kappa shape index (κ1) is 15.3. The van der Waals surface area contributed by atoms with Gasteiger partial charge in [0.15, 0.2) is 12.7 Å². The zero-order valence-corrected chi connectivity index (χ0v) is 10.2. The number of carbonyl (C=O) groups excluding carboxylic acids is 1. The third-order valence-electron chi connectivity index (χ3n) is 2.32. The highest BCUT2D eigenvalue weighted by Crippen LogP contribution is 2.19. The number of hydrogen-bond donors (Lipinski definition) is 2. The molecule has 1 amide bonds. The third kappa shape index (κ3) is 5.17. The first-order valence-corrected chi connectivity index (χ1v) is 5.50. The summed E-state index contributed by atoms with van der Waals surface area (Å²) in [6.45, 7) is 0.482. The van der Waals surface area contributed by atoms with Gasteiger partial charge in [-0.05, 0) is 18.6 Å². The minimum atomic E-state index is -4.75. The number of amides is 1. The van der Waals surface area contributed by atoms with Crippen molar-refractivity contribution < 1.29 is 27.8 Å². The lowest BCUT2D eigenvalue weighted by atomic mass is 10.2. The topological polar surface area (TPSA) is 58.6 Å². The molecule has 1 aromatic carbocycles.